The summed E-state index contributed by atoms with van der Waals surface area (Å²) in [7, 11) is 0. The van der Waals surface area contributed by atoms with E-state index in [1.807, 2.05) is 17.7 Å². The maximum absolute atomic E-state index is 11.4. The number of aromatic nitrogens is 2. The second-order valence-corrected chi connectivity index (χ2v) is 6.86. The van der Waals surface area contributed by atoms with Crippen LogP contribution in [0.3, 0.4) is 0 Å². The monoisotopic (exact) mass is 358 g/mol. The number of piperidine rings is 1. The van der Waals surface area contributed by atoms with Gasteiger partial charge in [-0.2, -0.15) is 0 Å². The molecule has 0 amide bonds. The quantitative estimate of drug-likeness (QED) is 0.676. The highest BCUT2D eigenvalue weighted by Crippen LogP contribution is 2.17. The summed E-state index contributed by atoms with van der Waals surface area (Å²) in [6.45, 7) is 7.59. The topological polar surface area (TPSA) is 62.3 Å². The third-order valence-electron chi connectivity index (χ3n) is 4.77. The van der Waals surface area contributed by atoms with Gasteiger partial charge in [-0.1, -0.05) is 18.6 Å². The van der Waals surface area contributed by atoms with Crippen molar-refractivity contribution in [2.75, 3.05) is 31.6 Å². The SMILES string of the molecule is CCn1[nH]c(=O)cc1NCCCOc1cccc(CN2CCCCC2)c1. The Balaban J connectivity index is 1.40. The number of rotatable bonds is 9. The van der Waals surface area contributed by atoms with Crippen molar-refractivity contribution in [2.24, 2.45) is 0 Å². The standard InChI is InChI=1S/C20H30N4O2/c1-2-24-19(15-20(25)22-24)21-10-7-13-26-18-9-6-8-17(14-18)16-23-11-4-3-5-12-23/h6,8-9,14-15,21H,2-5,7,10-13,16H2,1H3,(H,22,25). The lowest BCUT2D eigenvalue weighted by molar-refractivity contribution is 0.220. The van der Waals surface area contributed by atoms with Gasteiger partial charge in [0.15, 0.2) is 0 Å². The number of anilines is 1. The van der Waals surface area contributed by atoms with E-state index >= 15 is 0 Å². The Morgan fingerprint density at radius 1 is 1.19 bits per heavy atom. The molecule has 0 bridgehead atoms. The van der Waals surface area contributed by atoms with Crippen LogP contribution in [0.2, 0.25) is 0 Å². The van der Waals surface area contributed by atoms with Crippen molar-refractivity contribution in [3.05, 3.63) is 46.2 Å². The van der Waals surface area contributed by atoms with E-state index in [1.165, 1.54) is 37.9 Å². The number of nitrogens with one attached hydrogen (secondary N) is 2. The van der Waals surface area contributed by atoms with Crippen LogP contribution in [0.1, 0.15) is 38.2 Å². The maximum Gasteiger partial charge on any atom is 0.266 e. The number of benzene rings is 1. The van der Waals surface area contributed by atoms with Gasteiger partial charge in [-0.05, 0) is 57.0 Å². The molecule has 1 fully saturated rings. The van der Waals surface area contributed by atoms with E-state index < -0.39 is 0 Å². The van der Waals surface area contributed by atoms with E-state index in [9.17, 15) is 4.79 Å². The molecular weight excluding hydrogens is 328 g/mol. The van der Waals surface area contributed by atoms with Gasteiger partial charge in [-0.15, -0.1) is 0 Å². The molecule has 3 rings (SSSR count). The molecule has 0 unspecified atom stereocenters. The number of hydrogen-bond acceptors (Lipinski definition) is 4. The van der Waals surface area contributed by atoms with Crippen molar-refractivity contribution in [3.63, 3.8) is 0 Å². The predicted molar refractivity (Wildman–Crippen MR) is 105 cm³/mol. The molecule has 2 aromatic rings. The Hall–Kier alpha value is -2.21. The second-order valence-electron chi connectivity index (χ2n) is 6.86. The average molecular weight is 358 g/mol. The molecule has 0 spiro atoms. The van der Waals surface area contributed by atoms with Crippen molar-refractivity contribution in [3.8, 4) is 5.75 Å². The lowest BCUT2D eigenvalue weighted by atomic mass is 10.1. The minimum absolute atomic E-state index is 0.0730. The molecule has 1 aromatic heterocycles. The van der Waals surface area contributed by atoms with Gasteiger partial charge in [-0.25, -0.2) is 0 Å². The van der Waals surface area contributed by atoms with Crippen LogP contribution in [0.5, 0.6) is 5.75 Å². The average Bonchev–Trinajstić information content (AvgIpc) is 3.02. The molecule has 1 aliphatic rings. The first kappa shape index (κ1) is 18.6. The second kappa shape index (κ2) is 9.48. The van der Waals surface area contributed by atoms with Crippen molar-refractivity contribution in [2.45, 2.75) is 45.7 Å². The Kier molecular flexibility index (Phi) is 6.77. The Bertz CT molecular complexity index is 731. The van der Waals surface area contributed by atoms with Crippen molar-refractivity contribution >= 4 is 5.82 Å². The fourth-order valence-electron chi connectivity index (χ4n) is 3.41. The largest absolute Gasteiger partial charge is 0.494 e. The highest BCUT2D eigenvalue weighted by molar-refractivity contribution is 5.33. The highest BCUT2D eigenvalue weighted by Gasteiger charge is 2.10. The zero-order valence-electron chi connectivity index (χ0n) is 15.7. The lowest BCUT2D eigenvalue weighted by Crippen LogP contribution is -2.29. The predicted octanol–water partition coefficient (Wildman–Crippen LogP) is 3.06. The van der Waals surface area contributed by atoms with E-state index in [-0.39, 0.29) is 5.56 Å². The number of hydrogen-bond donors (Lipinski definition) is 2. The van der Waals surface area contributed by atoms with Gasteiger partial charge in [0.2, 0.25) is 0 Å². The third-order valence-corrected chi connectivity index (χ3v) is 4.77. The number of aromatic amines is 1. The molecule has 2 N–H and O–H groups in total. The van der Waals surface area contributed by atoms with Crippen LogP contribution >= 0.6 is 0 Å². The van der Waals surface area contributed by atoms with E-state index in [0.29, 0.717) is 6.61 Å². The number of ether oxygens (including phenoxy) is 1. The normalized spacial score (nSPS) is 15.1. The molecule has 1 aromatic carbocycles. The zero-order valence-corrected chi connectivity index (χ0v) is 15.7. The van der Waals surface area contributed by atoms with E-state index in [4.69, 9.17) is 4.74 Å². The van der Waals surface area contributed by atoms with E-state index in [0.717, 1.165) is 37.6 Å². The Morgan fingerprint density at radius 3 is 2.85 bits per heavy atom. The van der Waals surface area contributed by atoms with Gasteiger partial charge >= 0.3 is 0 Å². The molecule has 2 heterocycles. The summed E-state index contributed by atoms with van der Waals surface area (Å²) in [5.74, 6) is 1.77. The van der Waals surface area contributed by atoms with Gasteiger partial charge in [-0.3, -0.25) is 19.5 Å². The van der Waals surface area contributed by atoms with Crippen LogP contribution in [0.4, 0.5) is 5.82 Å². The number of likely N-dealkylation sites (tertiary alicyclic amines) is 1. The minimum atomic E-state index is -0.0730. The zero-order chi connectivity index (χ0) is 18.2. The Labute approximate surface area is 155 Å². The molecule has 0 radical (unpaired) electrons. The summed E-state index contributed by atoms with van der Waals surface area (Å²) in [6.07, 6.45) is 4.87. The van der Waals surface area contributed by atoms with Gasteiger partial charge < -0.3 is 10.1 Å². The number of nitrogens with zero attached hydrogens (tertiary/aromatic N) is 2. The van der Waals surface area contributed by atoms with E-state index in [2.05, 4.69) is 33.5 Å². The van der Waals surface area contributed by atoms with Crippen molar-refractivity contribution < 1.29 is 4.74 Å². The van der Waals surface area contributed by atoms with Crippen LogP contribution in [-0.4, -0.2) is 40.9 Å². The number of H-pyrrole nitrogens is 1. The summed E-state index contributed by atoms with van der Waals surface area (Å²) in [5.41, 5.74) is 1.25. The van der Waals surface area contributed by atoms with Crippen LogP contribution in [0.15, 0.2) is 35.1 Å². The van der Waals surface area contributed by atoms with Gasteiger partial charge in [0, 0.05) is 25.7 Å². The Morgan fingerprint density at radius 2 is 2.04 bits per heavy atom. The first-order valence-corrected chi connectivity index (χ1v) is 9.72. The first-order chi connectivity index (χ1) is 12.7. The molecule has 6 heteroatoms. The first-order valence-electron chi connectivity index (χ1n) is 9.72. The van der Waals surface area contributed by atoms with Gasteiger partial charge in [0.25, 0.3) is 5.56 Å². The molecular formula is C20H30N4O2. The minimum Gasteiger partial charge on any atom is -0.494 e. The summed E-state index contributed by atoms with van der Waals surface area (Å²) >= 11 is 0. The van der Waals surface area contributed by atoms with Crippen LogP contribution in [0.25, 0.3) is 0 Å². The maximum atomic E-state index is 11.4. The molecule has 0 atom stereocenters. The van der Waals surface area contributed by atoms with Crippen LogP contribution in [-0.2, 0) is 13.1 Å². The fourth-order valence-corrected chi connectivity index (χ4v) is 3.41. The molecule has 1 aliphatic heterocycles. The summed E-state index contributed by atoms with van der Waals surface area (Å²) in [6, 6.07) is 10.0. The summed E-state index contributed by atoms with van der Waals surface area (Å²) in [5, 5.41) is 6.05. The van der Waals surface area contributed by atoms with E-state index in [1.54, 1.807) is 6.07 Å². The van der Waals surface area contributed by atoms with Crippen LogP contribution in [0, 0.1) is 0 Å². The lowest BCUT2D eigenvalue weighted by Gasteiger charge is -2.26. The molecule has 1 saturated heterocycles. The summed E-state index contributed by atoms with van der Waals surface area (Å²) < 4.78 is 7.71. The van der Waals surface area contributed by atoms with Gasteiger partial charge in [0.05, 0.1) is 6.61 Å². The smallest absolute Gasteiger partial charge is 0.266 e. The molecule has 26 heavy (non-hydrogen) atoms. The molecule has 0 saturated carbocycles. The number of aryl methyl sites for hydroxylation is 1. The third kappa shape index (κ3) is 5.39. The fraction of sp³-hybridized carbons (Fsp3) is 0.550. The molecule has 142 valence electrons. The highest BCUT2D eigenvalue weighted by atomic mass is 16.5. The van der Waals surface area contributed by atoms with Crippen molar-refractivity contribution in [1.29, 1.82) is 0 Å². The molecule has 0 aliphatic carbocycles. The molecule has 6 nitrogen and oxygen atoms in total. The van der Waals surface area contributed by atoms with Crippen molar-refractivity contribution in [1.82, 2.24) is 14.7 Å². The van der Waals surface area contributed by atoms with Crippen LogP contribution < -0.4 is 15.6 Å². The van der Waals surface area contributed by atoms with Gasteiger partial charge in [0.1, 0.15) is 11.6 Å². The summed E-state index contributed by atoms with van der Waals surface area (Å²) in [4.78, 5) is 13.9.